The van der Waals surface area contributed by atoms with E-state index in [1.54, 1.807) is 24.3 Å². The summed E-state index contributed by atoms with van der Waals surface area (Å²) in [4.78, 5) is 12.7. The van der Waals surface area contributed by atoms with E-state index in [4.69, 9.17) is 38.4 Å². The fraction of sp³-hybridized carbons (Fsp3) is 0.217. The minimum atomic E-state index is -0.714. The average molecular weight is 459 g/mol. The number of allylic oxidation sites excluding steroid dienone is 3. The summed E-state index contributed by atoms with van der Waals surface area (Å²) in [6, 6.07) is 11.2. The number of halogens is 3. The van der Waals surface area contributed by atoms with Crippen molar-refractivity contribution in [2.24, 2.45) is 5.73 Å². The van der Waals surface area contributed by atoms with Crippen LogP contribution in [0.3, 0.4) is 0 Å². The van der Waals surface area contributed by atoms with Gasteiger partial charge < -0.3 is 15.2 Å². The summed E-state index contributed by atoms with van der Waals surface area (Å²) in [5, 5.41) is 10.1. The van der Waals surface area contributed by atoms with Crippen molar-refractivity contribution in [1.82, 2.24) is 0 Å². The first-order chi connectivity index (χ1) is 14.9. The highest BCUT2D eigenvalue weighted by Gasteiger charge is 2.38. The number of benzene rings is 2. The van der Waals surface area contributed by atoms with Crippen molar-refractivity contribution < 1.29 is 18.7 Å². The summed E-state index contributed by atoms with van der Waals surface area (Å²) in [5.41, 5.74) is 7.67. The van der Waals surface area contributed by atoms with Gasteiger partial charge >= 0.3 is 0 Å². The van der Waals surface area contributed by atoms with Crippen LogP contribution in [0.5, 0.6) is 5.75 Å². The van der Waals surface area contributed by atoms with Crippen LogP contribution < -0.4 is 10.5 Å². The number of nitrogens with zero attached hydrogens (tertiary/aromatic N) is 1. The molecular formula is C23H17Cl2FN2O3. The topological polar surface area (TPSA) is 85.3 Å². The van der Waals surface area contributed by atoms with Gasteiger partial charge in [-0.3, -0.25) is 4.79 Å². The van der Waals surface area contributed by atoms with Crippen LogP contribution in [0, 0.1) is 17.1 Å². The van der Waals surface area contributed by atoms with Crippen LogP contribution in [-0.2, 0) is 16.1 Å². The monoisotopic (exact) mass is 458 g/mol. The Morgan fingerprint density at radius 2 is 1.97 bits per heavy atom. The Bertz CT molecular complexity index is 1160. The second kappa shape index (κ2) is 8.62. The molecule has 0 spiro atoms. The molecule has 2 aromatic carbocycles. The molecule has 0 amide bonds. The van der Waals surface area contributed by atoms with Crippen molar-refractivity contribution in [3.05, 3.63) is 86.2 Å². The van der Waals surface area contributed by atoms with Crippen LogP contribution in [0.15, 0.2) is 59.2 Å². The molecule has 1 atom stereocenters. The number of Topliss-reactive ketones (excluding diaryl/α,β-unsaturated/α-hetero) is 1. The first-order valence-corrected chi connectivity index (χ1v) is 10.3. The normalized spacial score (nSPS) is 18.4. The number of rotatable bonds is 4. The molecule has 0 saturated carbocycles. The van der Waals surface area contributed by atoms with Crippen LogP contribution in [-0.4, -0.2) is 5.78 Å². The van der Waals surface area contributed by atoms with E-state index < -0.39 is 5.92 Å². The number of nitrogens with two attached hydrogens (primary N) is 1. The van der Waals surface area contributed by atoms with E-state index in [0.717, 1.165) is 0 Å². The molecule has 158 valence electrons. The molecule has 2 N–H and O–H groups in total. The van der Waals surface area contributed by atoms with Gasteiger partial charge in [0.2, 0.25) is 5.88 Å². The maximum atomic E-state index is 13.4. The van der Waals surface area contributed by atoms with Crippen molar-refractivity contribution in [1.29, 1.82) is 5.26 Å². The third kappa shape index (κ3) is 4.12. The molecular weight excluding hydrogens is 442 g/mol. The van der Waals surface area contributed by atoms with E-state index in [2.05, 4.69) is 6.07 Å². The van der Waals surface area contributed by atoms with Crippen LogP contribution in [0.25, 0.3) is 0 Å². The SMILES string of the molecule is N#CC1=C(N)OC2=C(C(=O)CCC2)[C@@H]1c1cc(Cl)c(OCc2cccc(F)c2)c(Cl)c1. The lowest BCUT2D eigenvalue weighted by atomic mass is 9.77. The van der Waals surface area contributed by atoms with Gasteiger partial charge in [-0.2, -0.15) is 5.26 Å². The molecule has 1 heterocycles. The lowest BCUT2D eigenvalue weighted by molar-refractivity contribution is -0.116. The molecule has 31 heavy (non-hydrogen) atoms. The average Bonchev–Trinajstić information content (AvgIpc) is 2.72. The number of nitriles is 1. The van der Waals surface area contributed by atoms with Gasteiger partial charge in [0.1, 0.15) is 29.8 Å². The van der Waals surface area contributed by atoms with Crippen molar-refractivity contribution in [2.45, 2.75) is 31.8 Å². The third-order valence-corrected chi connectivity index (χ3v) is 5.79. The quantitative estimate of drug-likeness (QED) is 0.650. The van der Waals surface area contributed by atoms with E-state index in [1.165, 1.54) is 12.1 Å². The molecule has 0 radical (unpaired) electrons. The molecule has 2 aliphatic rings. The zero-order chi connectivity index (χ0) is 22.1. The van der Waals surface area contributed by atoms with Gasteiger partial charge in [-0.15, -0.1) is 0 Å². The first-order valence-electron chi connectivity index (χ1n) is 9.59. The third-order valence-electron chi connectivity index (χ3n) is 5.23. The number of hydrogen-bond acceptors (Lipinski definition) is 5. The van der Waals surface area contributed by atoms with Crippen molar-refractivity contribution >= 4 is 29.0 Å². The number of carbonyl (C=O) groups excluding carboxylic acids is 1. The van der Waals surface area contributed by atoms with Gasteiger partial charge in [-0.25, -0.2) is 4.39 Å². The molecule has 0 aromatic heterocycles. The predicted molar refractivity (Wildman–Crippen MR) is 114 cm³/mol. The van der Waals surface area contributed by atoms with E-state index in [-0.39, 0.29) is 45.5 Å². The Morgan fingerprint density at radius 3 is 2.65 bits per heavy atom. The molecule has 8 heteroatoms. The Balaban J connectivity index is 1.70. The lowest BCUT2D eigenvalue weighted by Crippen LogP contribution is -2.27. The van der Waals surface area contributed by atoms with Crippen LogP contribution in [0.1, 0.15) is 36.3 Å². The number of carbonyl (C=O) groups is 1. The van der Waals surface area contributed by atoms with E-state index in [9.17, 15) is 14.4 Å². The van der Waals surface area contributed by atoms with Gasteiger partial charge in [-0.1, -0.05) is 35.3 Å². The number of ketones is 1. The highest BCUT2D eigenvalue weighted by atomic mass is 35.5. The fourth-order valence-corrected chi connectivity index (χ4v) is 4.47. The summed E-state index contributed by atoms with van der Waals surface area (Å²) in [5.74, 6) is -0.499. The molecule has 0 bridgehead atoms. The van der Waals surface area contributed by atoms with E-state index in [1.807, 2.05) is 0 Å². The zero-order valence-corrected chi connectivity index (χ0v) is 17.8. The first kappa shape index (κ1) is 21.2. The number of hydrogen-bond donors (Lipinski definition) is 1. The summed E-state index contributed by atoms with van der Waals surface area (Å²) >= 11 is 12.9. The second-order valence-corrected chi connectivity index (χ2v) is 8.09. The maximum absolute atomic E-state index is 13.4. The smallest absolute Gasteiger partial charge is 0.205 e. The molecule has 1 aliphatic heterocycles. The van der Waals surface area contributed by atoms with E-state index >= 15 is 0 Å². The highest BCUT2D eigenvalue weighted by Crippen LogP contribution is 2.46. The molecule has 4 rings (SSSR count). The molecule has 2 aromatic rings. The Morgan fingerprint density at radius 1 is 1.23 bits per heavy atom. The minimum absolute atomic E-state index is 0.0281. The highest BCUT2D eigenvalue weighted by molar-refractivity contribution is 6.37. The Hall–Kier alpha value is -3.01. The summed E-state index contributed by atoms with van der Waals surface area (Å²) < 4.78 is 24.7. The van der Waals surface area contributed by atoms with Gasteiger partial charge in [0.15, 0.2) is 11.5 Å². The predicted octanol–water partition coefficient (Wildman–Crippen LogP) is 5.53. The van der Waals surface area contributed by atoms with Gasteiger partial charge in [0, 0.05) is 18.4 Å². The molecule has 5 nitrogen and oxygen atoms in total. The standard InChI is InChI=1S/C23H17Cl2FN2O3/c24-16-8-13(9-17(25)22(16)30-11-12-3-1-4-14(26)7-12)20-15(10-27)23(28)31-19-6-2-5-18(29)21(19)20/h1,3-4,7-9,20H,2,5-6,11,28H2/t20-/m1/s1. The van der Waals surface area contributed by atoms with Gasteiger partial charge in [-0.05, 0) is 41.8 Å². The lowest BCUT2D eigenvalue weighted by Gasteiger charge is -2.31. The van der Waals surface area contributed by atoms with Crippen LogP contribution >= 0.6 is 23.2 Å². The molecule has 0 fully saturated rings. The zero-order valence-electron chi connectivity index (χ0n) is 16.3. The van der Waals surface area contributed by atoms with Crippen molar-refractivity contribution in [2.75, 3.05) is 0 Å². The van der Waals surface area contributed by atoms with Crippen LogP contribution in [0.2, 0.25) is 10.0 Å². The second-order valence-electron chi connectivity index (χ2n) is 7.27. The minimum Gasteiger partial charge on any atom is -0.486 e. The van der Waals surface area contributed by atoms with Crippen molar-refractivity contribution in [3.63, 3.8) is 0 Å². The van der Waals surface area contributed by atoms with Gasteiger partial charge in [0.25, 0.3) is 0 Å². The van der Waals surface area contributed by atoms with E-state index in [0.29, 0.717) is 41.7 Å². The molecule has 1 aliphatic carbocycles. The van der Waals surface area contributed by atoms with Crippen LogP contribution in [0.4, 0.5) is 4.39 Å². The summed E-state index contributed by atoms with van der Waals surface area (Å²) in [7, 11) is 0. The number of ether oxygens (including phenoxy) is 2. The van der Waals surface area contributed by atoms with Gasteiger partial charge in [0.05, 0.1) is 16.0 Å². The summed E-state index contributed by atoms with van der Waals surface area (Å²) in [6.45, 7) is 0.0674. The van der Waals surface area contributed by atoms with Crippen molar-refractivity contribution in [3.8, 4) is 11.8 Å². The largest absolute Gasteiger partial charge is 0.486 e. The fourth-order valence-electron chi connectivity index (χ4n) is 3.86. The summed E-state index contributed by atoms with van der Waals surface area (Å²) in [6.07, 6.45) is 1.59. The maximum Gasteiger partial charge on any atom is 0.205 e. The molecule has 0 saturated heterocycles. The Kier molecular flexibility index (Phi) is 5.90. The molecule has 0 unspecified atom stereocenters. The Labute approximate surface area is 188 Å².